The van der Waals surface area contributed by atoms with Gasteiger partial charge < -0.3 is 10.1 Å². The van der Waals surface area contributed by atoms with Crippen LogP contribution in [0.2, 0.25) is 5.02 Å². The second-order valence-corrected chi connectivity index (χ2v) is 9.35. The summed E-state index contributed by atoms with van der Waals surface area (Å²) in [7, 11) is 1.57. The van der Waals surface area contributed by atoms with Gasteiger partial charge in [-0.05, 0) is 55.3 Å². The Hall–Kier alpha value is -3.10. The first-order chi connectivity index (χ1) is 16.0. The lowest BCUT2D eigenvalue weighted by molar-refractivity contribution is -0.120. The van der Waals surface area contributed by atoms with Crippen LogP contribution in [0.5, 0.6) is 5.75 Å². The number of hydrogen-bond acceptors (Lipinski definition) is 5. The van der Waals surface area contributed by atoms with Gasteiger partial charge in [0, 0.05) is 27.3 Å². The fourth-order valence-corrected chi connectivity index (χ4v) is 5.32. The molecule has 9 heteroatoms. The predicted octanol–water partition coefficient (Wildman–Crippen LogP) is 5.16. The van der Waals surface area contributed by atoms with Gasteiger partial charge in [-0.3, -0.25) is 25.2 Å². The molecule has 0 spiro atoms. The molecule has 0 saturated heterocycles. The average Bonchev–Trinajstić information content (AvgIpc) is 3.19. The van der Waals surface area contributed by atoms with E-state index in [0.29, 0.717) is 26.9 Å². The summed E-state index contributed by atoms with van der Waals surface area (Å²) in [5, 5.41) is 3.98. The lowest BCUT2D eigenvalue weighted by Gasteiger charge is -2.20. The molecule has 0 unspecified atom stereocenters. The van der Waals surface area contributed by atoms with Crippen LogP contribution in [0, 0.1) is 5.92 Å². The standard InChI is InChI=1S/C24H24ClN3O4S/c1-32-17-11-12-18-19(13-17)33-21(20(18)25)24(31)28-27-23(30)15-7-9-16(10-8-15)26-22(29)14-5-3-2-4-6-14/h7-14H,2-6H2,1H3,(H,26,29)(H,27,30)(H,28,31). The molecule has 3 aromatic rings. The van der Waals surface area contributed by atoms with Crippen molar-refractivity contribution in [1.29, 1.82) is 0 Å². The van der Waals surface area contributed by atoms with Crippen molar-refractivity contribution in [3.8, 4) is 5.75 Å². The zero-order chi connectivity index (χ0) is 23.4. The van der Waals surface area contributed by atoms with Crippen molar-refractivity contribution < 1.29 is 19.1 Å². The minimum Gasteiger partial charge on any atom is -0.497 e. The number of hydrogen-bond donors (Lipinski definition) is 3. The maximum absolute atomic E-state index is 12.6. The minimum absolute atomic E-state index is 0.0250. The van der Waals surface area contributed by atoms with Crippen molar-refractivity contribution >= 4 is 56.4 Å². The number of benzene rings is 2. The van der Waals surface area contributed by atoms with E-state index in [0.717, 1.165) is 35.8 Å². The van der Waals surface area contributed by atoms with Crippen LogP contribution < -0.4 is 20.9 Å². The van der Waals surface area contributed by atoms with Gasteiger partial charge in [0.2, 0.25) is 5.91 Å². The highest BCUT2D eigenvalue weighted by Crippen LogP contribution is 2.37. The van der Waals surface area contributed by atoms with Gasteiger partial charge in [0.15, 0.2) is 0 Å². The molecular weight excluding hydrogens is 462 g/mol. The molecule has 3 amide bonds. The first-order valence-corrected chi connectivity index (χ1v) is 11.9. The Morgan fingerprint density at radius 2 is 1.67 bits per heavy atom. The molecule has 1 saturated carbocycles. The monoisotopic (exact) mass is 485 g/mol. The molecule has 3 N–H and O–H groups in total. The summed E-state index contributed by atoms with van der Waals surface area (Å²) in [6.07, 6.45) is 5.20. The first-order valence-electron chi connectivity index (χ1n) is 10.7. The van der Waals surface area contributed by atoms with Crippen LogP contribution >= 0.6 is 22.9 Å². The Kier molecular flexibility index (Phi) is 7.15. The number of halogens is 1. The fourth-order valence-electron chi connectivity index (χ4n) is 3.88. The Labute approximate surface area is 200 Å². The Bertz CT molecular complexity index is 1190. The van der Waals surface area contributed by atoms with E-state index in [1.165, 1.54) is 17.8 Å². The third-order valence-electron chi connectivity index (χ3n) is 5.72. The molecule has 0 bridgehead atoms. The van der Waals surface area contributed by atoms with Crippen LogP contribution in [0.3, 0.4) is 0 Å². The summed E-state index contributed by atoms with van der Waals surface area (Å²) in [4.78, 5) is 37.7. The molecule has 2 aromatic carbocycles. The van der Waals surface area contributed by atoms with Crippen molar-refractivity contribution in [2.24, 2.45) is 5.92 Å². The maximum Gasteiger partial charge on any atom is 0.281 e. The number of fused-ring (bicyclic) bond motifs is 1. The number of thiophene rings is 1. The Morgan fingerprint density at radius 1 is 0.970 bits per heavy atom. The van der Waals surface area contributed by atoms with Crippen LogP contribution in [-0.4, -0.2) is 24.8 Å². The van der Waals surface area contributed by atoms with Crippen LogP contribution in [-0.2, 0) is 4.79 Å². The van der Waals surface area contributed by atoms with E-state index < -0.39 is 11.8 Å². The number of carbonyl (C=O) groups is 3. The van der Waals surface area contributed by atoms with Gasteiger partial charge in [0.05, 0.1) is 12.1 Å². The summed E-state index contributed by atoms with van der Waals surface area (Å²) in [5.41, 5.74) is 5.79. The molecule has 1 aromatic heterocycles. The van der Waals surface area contributed by atoms with Crippen molar-refractivity contribution in [3.05, 3.63) is 57.9 Å². The fraction of sp³-hybridized carbons (Fsp3) is 0.292. The topological polar surface area (TPSA) is 96.5 Å². The molecule has 1 heterocycles. The second-order valence-electron chi connectivity index (χ2n) is 7.92. The molecule has 0 aliphatic heterocycles. The van der Waals surface area contributed by atoms with Crippen LogP contribution in [0.15, 0.2) is 42.5 Å². The molecule has 1 fully saturated rings. The zero-order valence-electron chi connectivity index (χ0n) is 18.1. The Morgan fingerprint density at radius 3 is 2.36 bits per heavy atom. The van der Waals surface area contributed by atoms with Crippen molar-refractivity contribution in [3.63, 3.8) is 0 Å². The summed E-state index contributed by atoms with van der Waals surface area (Å²) in [6.45, 7) is 0. The third-order valence-corrected chi connectivity index (χ3v) is 7.38. The average molecular weight is 486 g/mol. The summed E-state index contributed by atoms with van der Waals surface area (Å²) < 4.78 is 6.01. The molecule has 1 aliphatic carbocycles. The van der Waals surface area contributed by atoms with Crippen molar-refractivity contribution in [2.75, 3.05) is 12.4 Å². The number of carbonyl (C=O) groups excluding carboxylic acids is 3. The molecule has 4 rings (SSSR count). The molecular formula is C24H24ClN3O4S. The van der Waals surface area contributed by atoms with Gasteiger partial charge in [-0.1, -0.05) is 30.9 Å². The number of hydrazine groups is 1. The molecule has 0 radical (unpaired) electrons. The molecule has 1 aliphatic rings. The molecule has 7 nitrogen and oxygen atoms in total. The second kappa shape index (κ2) is 10.2. The van der Waals surface area contributed by atoms with Crippen LogP contribution in [0.1, 0.15) is 52.1 Å². The van der Waals surface area contributed by atoms with E-state index in [1.54, 1.807) is 49.6 Å². The summed E-state index contributed by atoms with van der Waals surface area (Å²) in [6, 6.07) is 11.9. The maximum atomic E-state index is 12.6. The summed E-state index contributed by atoms with van der Waals surface area (Å²) in [5.74, 6) is -0.243. The van der Waals surface area contributed by atoms with E-state index in [1.807, 2.05) is 0 Å². The van der Waals surface area contributed by atoms with Crippen LogP contribution in [0.4, 0.5) is 5.69 Å². The molecule has 172 valence electrons. The van der Waals surface area contributed by atoms with Crippen LogP contribution in [0.25, 0.3) is 10.1 Å². The number of anilines is 1. The van der Waals surface area contributed by atoms with Crippen molar-refractivity contribution in [2.45, 2.75) is 32.1 Å². The first kappa shape index (κ1) is 23.1. The van der Waals surface area contributed by atoms with Crippen molar-refractivity contribution in [1.82, 2.24) is 10.9 Å². The molecule has 33 heavy (non-hydrogen) atoms. The van der Waals surface area contributed by atoms with Gasteiger partial charge >= 0.3 is 0 Å². The minimum atomic E-state index is -0.509. The van der Waals surface area contributed by atoms with Gasteiger partial charge in [0.1, 0.15) is 10.6 Å². The van der Waals surface area contributed by atoms with E-state index in [2.05, 4.69) is 16.2 Å². The summed E-state index contributed by atoms with van der Waals surface area (Å²) >= 11 is 7.57. The number of rotatable bonds is 5. The van der Waals surface area contributed by atoms with E-state index in [4.69, 9.17) is 16.3 Å². The Balaban J connectivity index is 1.34. The zero-order valence-corrected chi connectivity index (χ0v) is 19.6. The number of amides is 3. The smallest absolute Gasteiger partial charge is 0.281 e. The quantitative estimate of drug-likeness (QED) is 0.435. The lowest BCUT2D eigenvalue weighted by Crippen LogP contribution is -2.41. The predicted molar refractivity (Wildman–Crippen MR) is 130 cm³/mol. The number of methoxy groups -OCH3 is 1. The highest BCUT2D eigenvalue weighted by molar-refractivity contribution is 7.21. The highest BCUT2D eigenvalue weighted by Gasteiger charge is 2.21. The van der Waals surface area contributed by atoms with E-state index >= 15 is 0 Å². The molecule has 0 atom stereocenters. The third kappa shape index (κ3) is 5.29. The van der Waals surface area contributed by atoms with E-state index in [9.17, 15) is 14.4 Å². The lowest BCUT2D eigenvalue weighted by atomic mass is 9.88. The highest BCUT2D eigenvalue weighted by atomic mass is 35.5. The number of ether oxygens (including phenoxy) is 1. The number of nitrogens with one attached hydrogen (secondary N) is 3. The van der Waals surface area contributed by atoms with E-state index in [-0.39, 0.29) is 11.8 Å². The van der Waals surface area contributed by atoms with Gasteiger partial charge in [-0.25, -0.2) is 0 Å². The largest absolute Gasteiger partial charge is 0.497 e. The SMILES string of the molecule is COc1ccc2c(Cl)c(C(=O)NNC(=O)c3ccc(NC(=O)C4CCCCC4)cc3)sc2c1. The normalized spacial score (nSPS) is 14.0. The van der Waals surface area contributed by atoms with Gasteiger partial charge in [0.25, 0.3) is 11.8 Å². The van der Waals surface area contributed by atoms with Gasteiger partial charge in [-0.15, -0.1) is 11.3 Å². The van der Waals surface area contributed by atoms with Gasteiger partial charge in [-0.2, -0.15) is 0 Å².